The fourth-order valence-electron chi connectivity index (χ4n) is 4.84. The standard InChI is InChI=1S/C30H34O3/c1-20-5-7-23(8-6-20)24-9-11-25(12-10-24)27-15-18-29(21(2)19-27)26-13-16-28(17-14-26)33-22(3)30(31)32-4/h9-20,22-23H,5-8H2,1-4H3/t20?,22-,23?/m0/s1. The molecule has 0 aliphatic heterocycles. The number of ether oxygens (including phenoxy) is 2. The molecule has 3 heteroatoms. The molecule has 4 rings (SSSR count). The van der Waals surface area contributed by atoms with Crippen LogP contribution in [0.25, 0.3) is 22.3 Å². The lowest BCUT2D eigenvalue weighted by molar-refractivity contribution is -0.147. The lowest BCUT2D eigenvalue weighted by Crippen LogP contribution is -2.24. The lowest BCUT2D eigenvalue weighted by Gasteiger charge is -2.26. The maximum absolute atomic E-state index is 11.6. The van der Waals surface area contributed by atoms with Crippen LogP contribution in [0.3, 0.4) is 0 Å². The third-order valence-corrected chi connectivity index (χ3v) is 6.97. The number of rotatable bonds is 6. The molecule has 0 saturated heterocycles. The van der Waals surface area contributed by atoms with E-state index in [0.29, 0.717) is 5.75 Å². The van der Waals surface area contributed by atoms with E-state index in [1.165, 1.54) is 60.6 Å². The number of benzene rings is 3. The number of esters is 1. The minimum Gasteiger partial charge on any atom is -0.479 e. The molecule has 172 valence electrons. The number of hydrogen-bond acceptors (Lipinski definition) is 3. The van der Waals surface area contributed by atoms with E-state index >= 15 is 0 Å². The van der Waals surface area contributed by atoms with Gasteiger partial charge in [-0.15, -0.1) is 0 Å². The molecule has 1 aliphatic rings. The van der Waals surface area contributed by atoms with E-state index in [4.69, 9.17) is 9.47 Å². The fraction of sp³-hybridized carbons (Fsp3) is 0.367. The van der Waals surface area contributed by atoms with E-state index in [1.807, 2.05) is 24.3 Å². The van der Waals surface area contributed by atoms with Gasteiger partial charge in [0.15, 0.2) is 6.10 Å². The van der Waals surface area contributed by atoms with Crippen molar-refractivity contribution in [2.24, 2.45) is 5.92 Å². The average molecular weight is 443 g/mol. The smallest absolute Gasteiger partial charge is 0.346 e. The summed E-state index contributed by atoms with van der Waals surface area (Å²) in [5, 5.41) is 0. The number of aryl methyl sites for hydroxylation is 1. The number of carbonyl (C=O) groups is 1. The Morgan fingerprint density at radius 3 is 2.06 bits per heavy atom. The highest BCUT2D eigenvalue weighted by atomic mass is 16.6. The first-order valence-corrected chi connectivity index (χ1v) is 12.0. The van der Waals surface area contributed by atoms with Crippen molar-refractivity contribution in [1.82, 2.24) is 0 Å². The Bertz CT molecular complexity index is 1070. The van der Waals surface area contributed by atoms with E-state index in [-0.39, 0.29) is 5.97 Å². The molecule has 0 spiro atoms. The Morgan fingerprint density at radius 2 is 1.45 bits per heavy atom. The Hall–Kier alpha value is -3.07. The monoisotopic (exact) mass is 442 g/mol. The van der Waals surface area contributed by atoms with Crippen LogP contribution in [-0.4, -0.2) is 19.2 Å². The van der Waals surface area contributed by atoms with Gasteiger partial charge in [0.25, 0.3) is 0 Å². The summed E-state index contributed by atoms with van der Waals surface area (Å²) >= 11 is 0. The molecule has 0 N–H and O–H groups in total. The zero-order chi connectivity index (χ0) is 23.4. The van der Waals surface area contributed by atoms with Crippen LogP contribution >= 0.6 is 0 Å². The zero-order valence-corrected chi connectivity index (χ0v) is 20.1. The molecular weight excluding hydrogens is 408 g/mol. The summed E-state index contributed by atoms with van der Waals surface area (Å²) in [6, 6.07) is 23.7. The highest BCUT2D eigenvalue weighted by molar-refractivity contribution is 5.75. The molecule has 0 bridgehead atoms. The summed E-state index contributed by atoms with van der Waals surface area (Å²) in [6.07, 6.45) is 4.71. The number of hydrogen-bond donors (Lipinski definition) is 0. The molecule has 0 aromatic heterocycles. The van der Waals surface area contributed by atoms with Gasteiger partial charge >= 0.3 is 5.97 Å². The Morgan fingerprint density at radius 1 is 0.848 bits per heavy atom. The second-order valence-corrected chi connectivity index (χ2v) is 9.42. The molecule has 3 nitrogen and oxygen atoms in total. The van der Waals surface area contributed by atoms with Crippen LogP contribution in [0.5, 0.6) is 5.75 Å². The summed E-state index contributed by atoms with van der Waals surface area (Å²) in [5.41, 5.74) is 7.54. The molecule has 1 atom stereocenters. The van der Waals surface area contributed by atoms with Gasteiger partial charge in [0.1, 0.15) is 5.75 Å². The lowest BCUT2D eigenvalue weighted by atomic mass is 9.79. The van der Waals surface area contributed by atoms with Gasteiger partial charge in [-0.25, -0.2) is 4.79 Å². The minimum absolute atomic E-state index is 0.383. The summed E-state index contributed by atoms with van der Waals surface area (Å²) < 4.78 is 10.4. The molecule has 0 unspecified atom stereocenters. The Kier molecular flexibility index (Phi) is 7.17. The topological polar surface area (TPSA) is 35.5 Å². The molecule has 33 heavy (non-hydrogen) atoms. The molecular formula is C30H34O3. The van der Waals surface area contributed by atoms with E-state index in [0.717, 1.165) is 17.4 Å². The maximum Gasteiger partial charge on any atom is 0.346 e. The molecule has 1 fully saturated rings. The van der Waals surface area contributed by atoms with E-state index in [2.05, 4.69) is 56.3 Å². The molecule has 3 aromatic carbocycles. The van der Waals surface area contributed by atoms with Crippen LogP contribution in [0.1, 0.15) is 56.6 Å². The molecule has 0 radical (unpaired) electrons. The van der Waals surface area contributed by atoms with Crippen molar-refractivity contribution in [3.8, 4) is 28.0 Å². The number of carbonyl (C=O) groups excluding carboxylic acids is 1. The van der Waals surface area contributed by atoms with Gasteiger partial charge in [0.2, 0.25) is 0 Å². The van der Waals surface area contributed by atoms with Gasteiger partial charge in [-0.3, -0.25) is 0 Å². The Balaban J connectivity index is 1.46. The van der Waals surface area contributed by atoms with Gasteiger partial charge in [-0.1, -0.05) is 74.4 Å². The van der Waals surface area contributed by atoms with Crippen LogP contribution in [0, 0.1) is 12.8 Å². The van der Waals surface area contributed by atoms with Crippen molar-refractivity contribution >= 4 is 5.97 Å². The van der Waals surface area contributed by atoms with Crippen molar-refractivity contribution in [2.75, 3.05) is 7.11 Å². The molecule has 1 aliphatic carbocycles. The largest absolute Gasteiger partial charge is 0.479 e. The highest BCUT2D eigenvalue weighted by Crippen LogP contribution is 2.36. The van der Waals surface area contributed by atoms with Gasteiger partial charge in [0, 0.05) is 0 Å². The van der Waals surface area contributed by atoms with Crippen molar-refractivity contribution in [2.45, 2.75) is 58.5 Å². The van der Waals surface area contributed by atoms with Crippen molar-refractivity contribution in [1.29, 1.82) is 0 Å². The predicted molar refractivity (Wildman–Crippen MR) is 135 cm³/mol. The molecule has 0 amide bonds. The predicted octanol–water partition coefficient (Wildman–Crippen LogP) is 7.56. The molecule has 3 aromatic rings. The van der Waals surface area contributed by atoms with Crippen LogP contribution < -0.4 is 4.74 Å². The second-order valence-electron chi connectivity index (χ2n) is 9.42. The van der Waals surface area contributed by atoms with Crippen molar-refractivity contribution in [3.05, 3.63) is 77.9 Å². The van der Waals surface area contributed by atoms with E-state index in [1.54, 1.807) is 6.92 Å². The van der Waals surface area contributed by atoms with Gasteiger partial charge in [-0.05, 0) is 84.0 Å². The normalized spacial score (nSPS) is 19.0. The zero-order valence-electron chi connectivity index (χ0n) is 20.1. The quantitative estimate of drug-likeness (QED) is 0.369. The third-order valence-electron chi connectivity index (χ3n) is 6.97. The molecule has 0 heterocycles. The average Bonchev–Trinajstić information content (AvgIpc) is 2.84. The van der Waals surface area contributed by atoms with Crippen LogP contribution in [-0.2, 0) is 9.53 Å². The summed E-state index contributed by atoms with van der Waals surface area (Å²) in [7, 11) is 1.36. The third kappa shape index (κ3) is 5.47. The summed E-state index contributed by atoms with van der Waals surface area (Å²) in [5.74, 6) is 1.88. The fourth-order valence-corrected chi connectivity index (χ4v) is 4.84. The van der Waals surface area contributed by atoms with Gasteiger partial charge < -0.3 is 9.47 Å². The van der Waals surface area contributed by atoms with E-state index in [9.17, 15) is 4.79 Å². The summed E-state index contributed by atoms with van der Waals surface area (Å²) in [4.78, 5) is 11.6. The van der Waals surface area contributed by atoms with Crippen LogP contribution in [0.15, 0.2) is 66.7 Å². The molecule has 1 saturated carbocycles. The van der Waals surface area contributed by atoms with Crippen LogP contribution in [0.4, 0.5) is 0 Å². The van der Waals surface area contributed by atoms with E-state index < -0.39 is 6.10 Å². The first-order valence-electron chi connectivity index (χ1n) is 12.0. The Labute approximate surface area is 197 Å². The SMILES string of the molecule is COC(=O)[C@H](C)Oc1ccc(-c2ccc(-c3ccc(C4CCC(C)CC4)cc3)cc2C)cc1. The second kappa shape index (κ2) is 10.2. The maximum atomic E-state index is 11.6. The minimum atomic E-state index is -0.630. The highest BCUT2D eigenvalue weighted by Gasteiger charge is 2.19. The van der Waals surface area contributed by atoms with Gasteiger partial charge in [-0.2, -0.15) is 0 Å². The first kappa shape index (κ1) is 23.1. The number of methoxy groups -OCH3 is 1. The summed E-state index contributed by atoms with van der Waals surface area (Å²) in [6.45, 7) is 6.21. The van der Waals surface area contributed by atoms with Crippen molar-refractivity contribution < 1.29 is 14.3 Å². The van der Waals surface area contributed by atoms with Crippen molar-refractivity contribution in [3.63, 3.8) is 0 Å². The first-order chi connectivity index (χ1) is 15.9. The van der Waals surface area contributed by atoms with Gasteiger partial charge in [0.05, 0.1) is 7.11 Å². The van der Waals surface area contributed by atoms with Crippen LogP contribution in [0.2, 0.25) is 0 Å².